The Balaban J connectivity index is 2.45. The number of hydrogen-bond acceptors (Lipinski definition) is 5. The third kappa shape index (κ3) is 11.6. The van der Waals surface area contributed by atoms with Gasteiger partial charge in [0, 0.05) is 6.61 Å². The van der Waals surface area contributed by atoms with Gasteiger partial charge in [-0.25, -0.2) is 0 Å². The number of para-hydroxylation sites is 1. The minimum Gasteiger partial charge on any atom is -0.491 e. The molecule has 0 unspecified atom stereocenters. The number of rotatable bonds is 16. The molecule has 1 aliphatic carbocycles. The quantitative estimate of drug-likeness (QED) is 0.139. The van der Waals surface area contributed by atoms with Crippen LogP contribution in [0.5, 0.6) is 5.75 Å². The molecule has 1 saturated carbocycles. The second kappa shape index (κ2) is 15.8. The molecule has 0 aliphatic heterocycles. The average Bonchev–Trinajstić information content (AvgIpc) is 3.18. The van der Waals surface area contributed by atoms with Gasteiger partial charge in [-0.05, 0) is 110 Å². The first-order valence-corrected chi connectivity index (χ1v) is 26.5. The van der Waals surface area contributed by atoms with Crippen molar-refractivity contribution in [2.75, 3.05) is 13.2 Å². The molecule has 262 valence electrons. The van der Waals surface area contributed by atoms with Crippen LogP contribution in [0.15, 0.2) is 30.3 Å². The largest absolute Gasteiger partial charge is 0.491 e. The highest BCUT2D eigenvalue weighted by atomic mass is 28.4. The predicted molar refractivity (Wildman–Crippen MR) is 200 cm³/mol. The van der Waals surface area contributed by atoms with E-state index in [9.17, 15) is 5.11 Å². The minimum atomic E-state index is -2.02. The van der Waals surface area contributed by atoms with Crippen LogP contribution in [0.4, 0.5) is 0 Å². The molecule has 1 N–H and O–H groups in total. The number of hydrogen-bond donors (Lipinski definition) is 1. The number of benzene rings is 1. The highest BCUT2D eigenvalue weighted by molar-refractivity contribution is 6.75. The van der Waals surface area contributed by atoms with E-state index in [0.717, 1.165) is 44.3 Å². The summed E-state index contributed by atoms with van der Waals surface area (Å²) in [6.07, 6.45) is 6.21. The van der Waals surface area contributed by atoms with E-state index in [2.05, 4.69) is 102 Å². The summed E-state index contributed by atoms with van der Waals surface area (Å²) in [4.78, 5) is 0. The molecule has 5 nitrogen and oxygen atoms in total. The van der Waals surface area contributed by atoms with Gasteiger partial charge in [0.05, 0.1) is 18.3 Å². The maximum atomic E-state index is 9.69. The highest BCUT2D eigenvalue weighted by Gasteiger charge is 2.51. The van der Waals surface area contributed by atoms with Gasteiger partial charge in [-0.2, -0.15) is 0 Å². The van der Waals surface area contributed by atoms with E-state index in [1.807, 2.05) is 30.3 Å². The Hall–Kier alpha value is -0.489. The summed E-state index contributed by atoms with van der Waals surface area (Å²) < 4.78 is 28.0. The summed E-state index contributed by atoms with van der Waals surface area (Å²) >= 11 is 0. The molecule has 1 aromatic rings. The van der Waals surface area contributed by atoms with Crippen molar-refractivity contribution in [2.24, 2.45) is 11.8 Å². The van der Waals surface area contributed by atoms with Gasteiger partial charge in [0.25, 0.3) is 0 Å². The van der Waals surface area contributed by atoms with E-state index in [1.165, 1.54) is 0 Å². The fourth-order valence-electron chi connectivity index (χ4n) is 5.66. The maximum Gasteiger partial charge on any atom is 0.192 e. The summed E-state index contributed by atoms with van der Waals surface area (Å²) in [6.45, 7) is 36.0. The summed E-state index contributed by atoms with van der Waals surface area (Å²) in [7, 11) is -6.03. The minimum absolute atomic E-state index is 0.0121. The van der Waals surface area contributed by atoms with Crippen molar-refractivity contribution < 1.29 is 23.1 Å². The van der Waals surface area contributed by atoms with Crippen molar-refractivity contribution in [1.82, 2.24) is 0 Å². The van der Waals surface area contributed by atoms with E-state index >= 15 is 0 Å². The highest BCUT2D eigenvalue weighted by Crippen LogP contribution is 2.49. The number of aliphatic hydroxyl groups excluding tert-OH is 1. The molecule has 0 bridgehead atoms. The SMILES string of the molecule is CC(C)(C)[Si](C)(C)O[C@H](CC[C@@H]1[C@@H](CCCCO)[C@@H](O[Si](C)(C)C(C)(C)C)C[C@H]1O[Si](C)(C)C(C)(C)C)COc1ccccc1. The van der Waals surface area contributed by atoms with Gasteiger partial charge >= 0.3 is 0 Å². The normalized spacial score (nSPS) is 22.9. The van der Waals surface area contributed by atoms with E-state index in [-0.39, 0.29) is 40.0 Å². The van der Waals surface area contributed by atoms with Crippen LogP contribution in [0, 0.1) is 11.8 Å². The molecule has 0 spiro atoms. The molecular formula is C37H72O5Si3. The standard InChI is InChI=1S/C37H72O5Si3/c1-35(2,3)43(10,11)40-30(28-39-29-21-17-16-18-22-29)24-25-32-31(23-19-20-26-38)33(41-44(12,13)36(4,5)6)27-34(32)42-45(14,15)37(7,8)9/h16-18,21-22,30-34,38H,19-20,23-28H2,1-15H3/t30-,31-,32-,33+,34-/m1/s1. The molecule has 1 aromatic carbocycles. The number of unbranched alkanes of at least 4 members (excludes halogenated alkanes) is 1. The molecule has 5 atom stereocenters. The van der Waals surface area contributed by atoms with Gasteiger partial charge in [-0.1, -0.05) is 86.9 Å². The summed E-state index contributed by atoms with van der Waals surface area (Å²) in [6, 6.07) is 10.1. The van der Waals surface area contributed by atoms with Gasteiger partial charge in [-0.3, -0.25) is 0 Å². The van der Waals surface area contributed by atoms with Gasteiger partial charge in [0.2, 0.25) is 0 Å². The maximum absolute atomic E-state index is 9.69. The van der Waals surface area contributed by atoms with Crippen LogP contribution in [0.25, 0.3) is 0 Å². The molecule has 1 fully saturated rings. The second-order valence-electron chi connectivity index (χ2n) is 18.3. The first-order chi connectivity index (χ1) is 20.4. The Morgan fingerprint density at radius 2 is 1.16 bits per heavy atom. The van der Waals surface area contributed by atoms with Crippen molar-refractivity contribution >= 4 is 25.0 Å². The Morgan fingerprint density at radius 1 is 0.689 bits per heavy atom. The molecular weight excluding hydrogens is 609 g/mol. The van der Waals surface area contributed by atoms with Crippen LogP contribution in [0.3, 0.4) is 0 Å². The first-order valence-electron chi connectivity index (χ1n) is 17.7. The van der Waals surface area contributed by atoms with E-state index in [1.54, 1.807) is 0 Å². The van der Waals surface area contributed by atoms with Gasteiger partial charge in [0.15, 0.2) is 25.0 Å². The fourth-order valence-corrected chi connectivity index (χ4v) is 9.79. The number of ether oxygens (including phenoxy) is 1. The van der Waals surface area contributed by atoms with Crippen LogP contribution >= 0.6 is 0 Å². The van der Waals surface area contributed by atoms with Crippen LogP contribution < -0.4 is 4.74 Å². The zero-order chi connectivity index (χ0) is 34.5. The molecule has 45 heavy (non-hydrogen) atoms. The van der Waals surface area contributed by atoms with Gasteiger partial charge in [0.1, 0.15) is 12.4 Å². The smallest absolute Gasteiger partial charge is 0.192 e. The second-order valence-corrected chi connectivity index (χ2v) is 32.6. The lowest BCUT2D eigenvalue weighted by Gasteiger charge is -2.41. The Labute approximate surface area is 282 Å². The van der Waals surface area contributed by atoms with Crippen LogP contribution in [0.2, 0.25) is 54.4 Å². The fraction of sp³-hybridized carbons (Fsp3) is 0.838. The molecule has 1 aliphatic rings. The summed E-state index contributed by atoms with van der Waals surface area (Å²) in [5.74, 6) is 1.69. The molecule has 2 rings (SSSR count). The Bertz CT molecular complexity index is 1010. The zero-order valence-electron chi connectivity index (χ0n) is 32.0. The van der Waals surface area contributed by atoms with Crippen molar-refractivity contribution in [3.63, 3.8) is 0 Å². The summed E-state index contributed by atoms with van der Waals surface area (Å²) in [5.41, 5.74) is 0. The predicted octanol–water partition coefficient (Wildman–Crippen LogP) is 10.8. The molecule has 0 radical (unpaired) electrons. The van der Waals surface area contributed by atoms with Gasteiger partial charge < -0.3 is 23.1 Å². The number of aliphatic hydroxyl groups is 1. The van der Waals surface area contributed by atoms with E-state index in [0.29, 0.717) is 18.4 Å². The van der Waals surface area contributed by atoms with E-state index < -0.39 is 25.0 Å². The van der Waals surface area contributed by atoms with Crippen LogP contribution in [0.1, 0.15) is 101 Å². The lowest BCUT2D eigenvalue weighted by Crippen LogP contribution is -2.46. The Morgan fingerprint density at radius 3 is 1.60 bits per heavy atom. The third-order valence-electron chi connectivity index (χ3n) is 11.7. The van der Waals surface area contributed by atoms with Crippen molar-refractivity contribution in [3.8, 4) is 5.75 Å². The van der Waals surface area contributed by atoms with Crippen molar-refractivity contribution in [2.45, 2.75) is 174 Å². The molecule has 8 heteroatoms. The average molecular weight is 681 g/mol. The Kier molecular flexibility index (Phi) is 14.3. The molecule has 0 saturated heterocycles. The first kappa shape index (κ1) is 40.7. The molecule has 0 aromatic heterocycles. The zero-order valence-corrected chi connectivity index (χ0v) is 35.0. The van der Waals surface area contributed by atoms with Crippen LogP contribution in [-0.4, -0.2) is 61.6 Å². The third-order valence-corrected chi connectivity index (χ3v) is 25.2. The monoisotopic (exact) mass is 680 g/mol. The summed E-state index contributed by atoms with van der Waals surface area (Å²) in [5, 5.41) is 10.1. The van der Waals surface area contributed by atoms with E-state index in [4.69, 9.17) is 18.0 Å². The van der Waals surface area contributed by atoms with Crippen molar-refractivity contribution in [1.29, 1.82) is 0 Å². The lowest BCUT2D eigenvalue weighted by molar-refractivity contribution is 0.0721. The molecule has 0 heterocycles. The molecule has 0 amide bonds. The van der Waals surface area contributed by atoms with Crippen molar-refractivity contribution in [3.05, 3.63) is 30.3 Å². The lowest BCUT2D eigenvalue weighted by atomic mass is 9.85. The van der Waals surface area contributed by atoms with Gasteiger partial charge in [-0.15, -0.1) is 0 Å². The van der Waals surface area contributed by atoms with Crippen LogP contribution in [-0.2, 0) is 13.3 Å². The topological polar surface area (TPSA) is 57.2 Å².